The van der Waals surface area contributed by atoms with Crippen LogP contribution in [0.2, 0.25) is 0 Å². The molecule has 2 atom stereocenters. The van der Waals surface area contributed by atoms with E-state index in [9.17, 15) is 9.18 Å². The fourth-order valence-corrected chi connectivity index (χ4v) is 4.15. The lowest BCUT2D eigenvalue weighted by molar-refractivity contribution is -0.139. The monoisotopic (exact) mass is 419 g/mol. The van der Waals surface area contributed by atoms with Gasteiger partial charge in [-0.3, -0.25) is 9.69 Å². The molecule has 0 saturated carbocycles. The number of nitrogens with zero attached hydrogens (tertiary/aromatic N) is 2. The molecule has 2 heterocycles. The lowest BCUT2D eigenvalue weighted by atomic mass is 9.95. The van der Waals surface area contributed by atoms with Gasteiger partial charge < -0.3 is 10.2 Å². The average Bonchev–Trinajstić information content (AvgIpc) is 3.14. The number of carbonyl (C=O) groups excluding carboxylic acids is 1. The molecule has 0 aromatic heterocycles. The topological polar surface area (TPSA) is 35.6 Å². The highest BCUT2D eigenvalue weighted by Gasteiger charge is 2.33. The number of halogens is 3. The molecule has 0 radical (unpaired) electrons. The molecule has 2 aliphatic heterocycles. The van der Waals surface area contributed by atoms with Gasteiger partial charge in [-0.25, -0.2) is 4.39 Å². The van der Waals surface area contributed by atoms with E-state index in [0.29, 0.717) is 11.9 Å². The molecule has 0 aliphatic carbocycles. The maximum Gasteiger partial charge on any atom is 0.227 e. The zero-order chi connectivity index (χ0) is 17.6. The van der Waals surface area contributed by atoms with Crippen LogP contribution in [-0.2, 0) is 11.3 Å². The third-order valence-corrected chi connectivity index (χ3v) is 5.37. The summed E-state index contributed by atoms with van der Waals surface area (Å²) in [5, 5.41) is 3.38. The number of hydrogen-bond donors (Lipinski definition) is 1. The van der Waals surface area contributed by atoms with Crippen LogP contribution in [0.15, 0.2) is 24.3 Å². The van der Waals surface area contributed by atoms with Crippen LogP contribution in [0.25, 0.3) is 0 Å². The second kappa shape index (κ2) is 11.8. The summed E-state index contributed by atoms with van der Waals surface area (Å²) in [5.41, 5.74) is 0.985. The fourth-order valence-electron chi connectivity index (χ4n) is 4.15. The Morgan fingerprint density at radius 2 is 2.15 bits per heavy atom. The van der Waals surface area contributed by atoms with Crippen molar-refractivity contribution in [1.29, 1.82) is 0 Å². The predicted molar refractivity (Wildman–Crippen MR) is 112 cm³/mol. The maximum atomic E-state index is 13.4. The van der Waals surface area contributed by atoms with E-state index in [1.54, 1.807) is 12.1 Å². The van der Waals surface area contributed by atoms with Crippen molar-refractivity contribution >= 4 is 30.7 Å². The van der Waals surface area contributed by atoms with Gasteiger partial charge in [-0.05, 0) is 56.5 Å². The van der Waals surface area contributed by atoms with Crippen molar-refractivity contribution in [2.45, 2.75) is 45.2 Å². The molecule has 3 rings (SSSR count). The predicted octanol–water partition coefficient (Wildman–Crippen LogP) is 3.48. The Balaban J connectivity index is 0.00000182. The normalized spacial score (nSPS) is 22.6. The minimum absolute atomic E-state index is 0. The zero-order valence-corrected chi connectivity index (χ0v) is 17.7. The molecule has 1 amide bonds. The molecule has 0 spiro atoms. The third kappa shape index (κ3) is 6.60. The summed E-state index contributed by atoms with van der Waals surface area (Å²) in [6.07, 6.45) is 4.07. The van der Waals surface area contributed by atoms with Crippen LogP contribution in [0.1, 0.15) is 38.2 Å². The first kappa shape index (κ1) is 24.2. The van der Waals surface area contributed by atoms with Gasteiger partial charge in [-0.1, -0.05) is 19.1 Å². The van der Waals surface area contributed by atoms with Gasteiger partial charge in [0, 0.05) is 32.2 Å². The van der Waals surface area contributed by atoms with Crippen LogP contribution < -0.4 is 5.32 Å². The molecule has 2 unspecified atom stereocenters. The van der Waals surface area contributed by atoms with E-state index in [0.717, 1.165) is 70.5 Å². The minimum Gasteiger partial charge on any atom is -0.338 e. The summed E-state index contributed by atoms with van der Waals surface area (Å²) in [6.45, 7) is 7.42. The second-order valence-electron chi connectivity index (χ2n) is 7.38. The first-order valence-corrected chi connectivity index (χ1v) is 9.65. The van der Waals surface area contributed by atoms with Gasteiger partial charge in [0.2, 0.25) is 5.91 Å². The van der Waals surface area contributed by atoms with Gasteiger partial charge in [0.05, 0.1) is 5.92 Å². The maximum absolute atomic E-state index is 13.4. The molecule has 1 aromatic carbocycles. The Morgan fingerprint density at radius 3 is 2.81 bits per heavy atom. The van der Waals surface area contributed by atoms with Crippen molar-refractivity contribution < 1.29 is 9.18 Å². The van der Waals surface area contributed by atoms with E-state index in [-0.39, 0.29) is 36.5 Å². The Hall–Kier alpha value is -0.880. The van der Waals surface area contributed by atoms with Crippen LogP contribution >= 0.6 is 24.8 Å². The Labute approximate surface area is 174 Å². The number of amides is 1. The van der Waals surface area contributed by atoms with Gasteiger partial charge in [-0.15, -0.1) is 24.8 Å². The highest BCUT2D eigenvalue weighted by atomic mass is 35.5. The minimum atomic E-state index is -0.190. The van der Waals surface area contributed by atoms with Crippen molar-refractivity contribution in [2.24, 2.45) is 5.92 Å². The van der Waals surface area contributed by atoms with Crippen LogP contribution in [0.5, 0.6) is 0 Å². The molecule has 0 bridgehead atoms. The standard InChI is InChI=1S/C20H30FN3O.2ClH/c1-2-10-24(19-8-9-22-13-19)20(25)17-6-4-11-23(15-17)14-16-5-3-7-18(21)12-16;;/h3,5,7,12,17,19,22H,2,4,6,8-11,13-15H2,1H3;2*1H. The van der Waals surface area contributed by atoms with Gasteiger partial charge in [-0.2, -0.15) is 0 Å². The fraction of sp³-hybridized carbons (Fsp3) is 0.650. The van der Waals surface area contributed by atoms with Crippen molar-refractivity contribution in [3.8, 4) is 0 Å². The number of rotatable bonds is 6. The van der Waals surface area contributed by atoms with Crippen LogP contribution in [0.3, 0.4) is 0 Å². The molecular weight excluding hydrogens is 388 g/mol. The molecule has 154 valence electrons. The molecule has 27 heavy (non-hydrogen) atoms. The Morgan fingerprint density at radius 1 is 1.33 bits per heavy atom. The van der Waals surface area contributed by atoms with Gasteiger partial charge >= 0.3 is 0 Å². The summed E-state index contributed by atoms with van der Waals surface area (Å²) in [6, 6.07) is 7.14. The third-order valence-electron chi connectivity index (χ3n) is 5.37. The van der Waals surface area contributed by atoms with E-state index in [2.05, 4.69) is 22.0 Å². The number of benzene rings is 1. The van der Waals surface area contributed by atoms with Crippen molar-refractivity contribution in [1.82, 2.24) is 15.1 Å². The van der Waals surface area contributed by atoms with Crippen molar-refractivity contribution in [2.75, 3.05) is 32.7 Å². The number of piperidine rings is 1. The lowest BCUT2D eigenvalue weighted by Crippen LogP contribution is -2.49. The van der Waals surface area contributed by atoms with Crippen LogP contribution in [-0.4, -0.2) is 54.5 Å². The molecule has 2 saturated heterocycles. The quantitative estimate of drug-likeness (QED) is 0.766. The SMILES string of the molecule is CCCN(C(=O)C1CCCN(Cc2cccc(F)c2)C1)C1CCNC1.Cl.Cl. The van der Waals surface area contributed by atoms with E-state index in [4.69, 9.17) is 0 Å². The molecule has 4 nitrogen and oxygen atoms in total. The second-order valence-corrected chi connectivity index (χ2v) is 7.38. The first-order valence-electron chi connectivity index (χ1n) is 9.65. The van der Waals surface area contributed by atoms with E-state index in [1.807, 2.05) is 6.07 Å². The molecule has 2 aliphatic rings. The molecule has 2 fully saturated rings. The lowest BCUT2D eigenvalue weighted by Gasteiger charge is -2.37. The highest BCUT2D eigenvalue weighted by molar-refractivity contribution is 5.85. The van der Waals surface area contributed by atoms with Gasteiger partial charge in [0.25, 0.3) is 0 Å². The first-order chi connectivity index (χ1) is 12.2. The number of carbonyl (C=O) groups is 1. The van der Waals surface area contributed by atoms with Gasteiger partial charge in [0.15, 0.2) is 0 Å². The van der Waals surface area contributed by atoms with E-state index < -0.39 is 0 Å². The number of hydrogen-bond acceptors (Lipinski definition) is 3. The van der Waals surface area contributed by atoms with Crippen molar-refractivity contribution in [3.63, 3.8) is 0 Å². The Bertz CT molecular complexity index is 584. The summed E-state index contributed by atoms with van der Waals surface area (Å²) in [7, 11) is 0. The van der Waals surface area contributed by atoms with Crippen LogP contribution in [0, 0.1) is 11.7 Å². The number of likely N-dealkylation sites (tertiary alicyclic amines) is 1. The Kier molecular flexibility index (Phi) is 10.6. The summed E-state index contributed by atoms with van der Waals surface area (Å²) >= 11 is 0. The number of nitrogens with one attached hydrogen (secondary N) is 1. The molecular formula is C20H32Cl2FN3O. The summed E-state index contributed by atoms with van der Waals surface area (Å²) in [4.78, 5) is 17.6. The summed E-state index contributed by atoms with van der Waals surface area (Å²) < 4.78 is 13.4. The van der Waals surface area contributed by atoms with E-state index >= 15 is 0 Å². The smallest absolute Gasteiger partial charge is 0.227 e. The summed E-state index contributed by atoms with van der Waals surface area (Å²) in [5.74, 6) is 0.207. The van der Waals surface area contributed by atoms with Gasteiger partial charge in [0.1, 0.15) is 5.82 Å². The largest absolute Gasteiger partial charge is 0.338 e. The van der Waals surface area contributed by atoms with Crippen molar-refractivity contribution in [3.05, 3.63) is 35.6 Å². The molecule has 1 N–H and O–H groups in total. The highest BCUT2D eigenvalue weighted by Crippen LogP contribution is 2.23. The van der Waals surface area contributed by atoms with Crippen LogP contribution in [0.4, 0.5) is 4.39 Å². The van der Waals surface area contributed by atoms with E-state index in [1.165, 1.54) is 6.07 Å². The average molecular weight is 420 g/mol. The molecule has 7 heteroatoms. The molecule has 1 aromatic rings. The zero-order valence-electron chi connectivity index (χ0n) is 16.0.